The first-order valence-electron chi connectivity index (χ1n) is 5.47. The maximum absolute atomic E-state index is 10.7. The van der Waals surface area contributed by atoms with E-state index in [1.165, 1.54) is 13.2 Å². The van der Waals surface area contributed by atoms with Crippen LogP contribution < -0.4 is 5.73 Å². The van der Waals surface area contributed by atoms with Crippen LogP contribution in [0.4, 0.5) is 0 Å². The van der Waals surface area contributed by atoms with Gasteiger partial charge in [0.15, 0.2) is 0 Å². The molecule has 0 aromatic heterocycles. The third-order valence-corrected chi connectivity index (χ3v) is 3.20. The fourth-order valence-electron chi connectivity index (χ4n) is 1.27. The Hall–Kier alpha value is -1.44. The quantitative estimate of drug-likeness (QED) is 0.622. The highest BCUT2D eigenvalue weighted by molar-refractivity contribution is 7.85. The molecule has 108 valence electrons. The number of esters is 1. The van der Waals surface area contributed by atoms with Gasteiger partial charge in [-0.1, -0.05) is 17.7 Å². The number of hydrogen-bond donors (Lipinski definition) is 2. The number of carbonyl (C=O) groups is 1. The van der Waals surface area contributed by atoms with Gasteiger partial charge in [0.05, 0.1) is 12.0 Å². The van der Waals surface area contributed by atoms with Gasteiger partial charge in [0.2, 0.25) is 0 Å². The predicted molar refractivity (Wildman–Crippen MR) is 71.4 cm³/mol. The first kappa shape index (κ1) is 17.6. The Labute approximate surface area is 113 Å². The summed E-state index contributed by atoms with van der Waals surface area (Å²) < 4.78 is 34.4. The Balaban J connectivity index is 0.000000399. The van der Waals surface area contributed by atoms with Crippen LogP contribution in [0.3, 0.4) is 0 Å². The van der Waals surface area contributed by atoms with Crippen LogP contribution in [0.25, 0.3) is 0 Å². The van der Waals surface area contributed by atoms with Crippen molar-refractivity contribution < 1.29 is 22.5 Å². The Bertz CT molecular complexity index is 537. The van der Waals surface area contributed by atoms with Crippen LogP contribution in [0.5, 0.6) is 0 Å². The van der Waals surface area contributed by atoms with Gasteiger partial charge in [0, 0.05) is 0 Å². The van der Waals surface area contributed by atoms with Crippen LogP contribution in [0, 0.1) is 13.8 Å². The highest BCUT2D eigenvalue weighted by Gasteiger charge is 2.11. The number of benzene rings is 1. The molecular formula is C12H19NO5S. The van der Waals surface area contributed by atoms with Crippen molar-refractivity contribution in [3.63, 3.8) is 0 Å². The molecule has 0 saturated heterocycles. The number of nitrogens with two attached hydrogens (primary N) is 1. The van der Waals surface area contributed by atoms with E-state index < -0.39 is 16.2 Å². The predicted octanol–water partition coefficient (Wildman–Crippen LogP) is 1.06. The molecule has 0 aliphatic rings. The van der Waals surface area contributed by atoms with Gasteiger partial charge in [0.25, 0.3) is 10.1 Å². The number of ether oxygens (including phenoxy) is 1. The topological polar surface area (TPSA) is 107 Å². The van der Waals surface area contributed by atoms with Crippen LogP contribution in [0.1, 0.15) is 18.1 Å². The van der Waals surface area contributed by atoms with Crippen molar-refractivity contribution in [1.29, 1.82) is 0 Å². The van der Waals surface area contributed by atoms with E-state index in [1.807, 2.05) is 6.92 Å². The standard InChI is InChI=1S/C8H10O3S.C4H9NO2/c1-6-3-4-8(7(2)5-6)12(9,10)11;1-3(5)4(6)7-2/h3-5H,1-2H3,(H,9,10,11);3H,5H2,1-2H3. The molecule has 1 aromatic rings. The summed E-state index contributed by atoms with van der Waals surface area (Å²) in [7, 11) is -2.74. The van der Waals surface area contributed by atoms with Gasteiger partial charge in [-0.15, -0.1) is 0 Å². The van der Waals surface area contributed by atoms with E-state index >= 15 is 0 Å². The summed E-state index contributed by atoms with van der Waals surface area (Å²) in [4.78, 5) is 10.1. The Kier molecular flexibility index (Phi) is 6.68. The summed E-state index contributed by atoms with van der Waals surface area (Å²) in [6.07, 6.45) is 0. The van der Waals surface area contributed by atoms with Crippen molar-refractivity contribution in [2.45, 2.75) is 31.7 Å². The third kappa shape index (κ3) is 6.32. The van der Waals surface area contributed by atoms with Gasteiger partial charge in [-0.2, -0.15) is 8.42 Å². The lowest BCUT2D eigenvalue weighted by Gasteiger charge is -2.02. The van der Waals surface area contributed by atoms with Crippen molar-refractivity contribution >= 4 is 16.1 Å². The maximum atomic E-state index is 10.7. The maximum Gasteiger partial charge on any atom is 0.322 e. The van der Waals surface area contributed by atoms with Gasteiger partial charge >= 0.3 is 5.97 Å². The van der Waals surface area contributed by atoms with Crippen LogP contribution >= 0.6 is 0 Å². The van der Waals surface area contributed by atoms with Gasteiger partial charge in [-0.3, -0.25) is 9.35 Å². The van der Waals surface area contributed by atoms with Crippen LogP contribution in [-0.2, 0) is 19.6 Å². The van der Waals surface area contributed by atoms with Crippen molar-refractivity contribution in [2.24, 2.45) is 5.73 Å². The number of aryl methyl sites for hydroxylation is 2. The first-order valence-corrected chi connectivity index (χ1v) is 6.91. The molecule has 0 aliphatic heterocycles. The lowest BCUT2D eigenvalue weighted by molar-refractivity contribution is -0.141. The van der Waals surface area contributed by atoms with Crippen molar-refractivity contribution in [3.05, 3.63) is 29.3 Å². The molecule has 0 fully saturated rings. The summed E-state index contributed by atoms with van der Waals surface area (Å²) >= 11 is 0. The van der Waals surface area contributed by atoms with E-state index in [1.54, 1.807) is 26.0 Å². The first-order chi connectivity index (χ1) is 8.59. The highest BCUT2D eigenvalue weighted by atomic mass is 32.2. The van der Waals surface area contributed by atoms with E-state index in [9.17, 15) is 13.2 Å². The molecule has 0 heterocycles. The minimum Gasteiger partial charge on any atom is -0.468 e. The summed E-state index contributed by atoms with van der Waals surface area (Å²) in [5.41, 5.74) is 6.61. The zero-order valence-corrected chi connectivity index (χ0v) is 12.2. The molecule has 1 unspecified atom stereocenters. The lowest BCUT2D eigenvalue weighted by Crippen LogP contribution is -2.27. The SMILES string of the molecule is COC(=O)C(C)N.Cc1ccc(S(=O)(=O)O)c(C)c1. The van der Waals surface area contributed by atoms with Crippen LogP contribution in [-0.4, -0.2) is 32.1 Å². The molecule has 0 saturated carbocycles. The molecule has 0 spiro atoms. The summed E-state index contributed by atoms with van der Waals surface area (Å²) in [5.74, 6) is -0.375. The van der Waals surface area contributed by atoms with Crippen LogP contribution in [0.2, 0.25) is 0 Å². The van der Waals surface area contributed by atoms with Gasteiger partial charge in [0.1, 0.15) is 6.04 Å². The lowest BCUT2D eigenvalue weighted by atomic mass is 10.2. The fraction of sp³-hybridized carbons (Fsp3) is 0.417. The smallest absolute Gasteiger partial charge is 0.322 e. The monoisotopic (exact) mass is 289 g/mol. The second-order valence-corrected chi connectivity index (χ2v) is 5.45. The van der Waals surface area contributed by atoms with E-state index in [0.717, 1.165) is 5.56 Å². The van der Waals surface area contributed by atoms with Crippen LogP contribution in [0.15, 0.2) is 23.1 Å². The molecule has 0 radical (unpaired) electrons. The minimum absolute atomic E-state index is 0.0203. The fourth-order valence-corrected chi connectivity index (χ4v) is 1.98. The second kappa shape index (κ2) is 7.22. The molecule has 0 bridgehead atoms. The Morgan fingerprint density at radius 2 is 1.89 bits per heavy atom. The number of hydrogen-bond acceptors (Lipinski definition) is 5. The zero-order valence-electron chi connectivity index (χ0n) is 11.4. The average Bonchev–Trinajstić information content (AvgIpc) is 2.26. The summed E-state index contributed by atoms with van der Waals surface area (Å²) in [6.45, 7) is 5.09. The largest absolute Gasteiger partial charge is 0.468 e. The molecule has 1 atom stereocenters. The second-order valence-electron chi connectivity index (χ2n) is 4.06. The molecule has 7 heteroatoms. The molecular weight excluding hydrogens is 270 g/mol. The van der Waals surface area contributed by atoms with E-state index in [2.05, 4.69) is 4.74 Å². The summed E-state index contributed by atoms with van der Waals surface area (Å²) in [5, 5.41) is 0. The Morgan fingerprint density at radius 1 is 1.37 bits per heavy atom. The zero-order chi connectivity index (χ0) is 15.2. The van der Waals surface area contributed by atoms with Gasteiger partial charge in [-0.25, -0.2) is 0 Å². The molecule has 19 heavy (non-hydrogen) atoms. The molecule has 3 N–H and O–H groups in total. The van der Waals surface area contributed by atoms with Gasteiger partial charge in [-0.05, 0) is 32.4 Å². The van der Waals surface area contributed by atoms with E-state index in [-0.39, 0.29) is 10.9 Å². The molecule has 0 amide bonds. The highest BCUT2D eigenvalue weighted by Crippen LogP contribution is 2.15. The van der Waals surface area contributed by atoms with E-state index in [4.69, 9.17) is 10.3 Å². The van der Waals surface area contributed by atoms with Crippen molar-refractivity contribution in [1.82, 2.24) is 0 Å². The summed E-state index contributed by atoms with van der Waals surface area (Å²) in [6, 6.07) is 4.27. The normalized spacial score (nSPS) is 12.1. The number of methoxy groups -OCH3 is 1. The van der Waals surface area contributed by atoms with E-state index in [0.29, 0.717) is 5.56 Å². The number of carbonyl (C=O) groups excluding carboxylic acids is 1. The van der Waals surface area contributed by atoms with Crippen molar-refractivity contribution in [2.75, 3.05) is 7.11 Å². The Morgan fingerprint density at radius 3 is 2.16 bits per heavy atom. The molecule has 1 aromatic carbocycles. The third-order valence-electron chi connectivity index (χ3n) is 2.18. The molecule has 0 aliphatic carbocycles. The minimum atomic E-state index is -4.05. The number of rotatable bonds is 2. The molecule has 1 rings (SSSR count). The van der Waals surface area contributed by atoms with Gasteiger partial charge < -0.3 is 10.5 Å². The molecule has 6 nitrogen and oxygen atoms in total. The van der Waals surface area contributed by atoms with Crippen molar-refractivity contribution in [3.8, 4) is 0 Å². The average molecular weight is 289 g/mol.